The second-order valence-corrected chi connectivity index (χ2v) is 8.91. The van der Waals surface area contributed by atoms with E-state index in [0.717, 1.165) is 23.3 Å². The Morgan fingerprint density at radius 3 is 2.58 bits per heavy atom. The van der Waals surface area contributed by atoms with Gasteiger partial charge in [0, 0.05) is 12.0 Å². The number of hydrogen-bond donors (Lipinski definition) is 0. The second-order valence-electron chi connectivity index (χ2n) is 7.02. The molecule has 2 aromatic rings. The number of sulfonamides is 1. The number of aryl methyl sites for hydroxylation is 1. The Bertz CT molecular complexity index is 908. The second kappa shape index (κ2) is 6.85. The largest absolute Gasteiger partial charge is 0.395 e. The highest BCUT2D eigenvalue weighted by atomic mass is 32.2. The number of rotatable bonds is 4. The highest BCUT2D eigenvalue weighted by Crippen LogP contribution is 2.32. The van der Waals surface area contributed by atoms with E-state index in [0.29, 0.717) is 24.5 Å². The molecule has 0 bridgehead atoms. The van der Waals surface area contributed by atoms with Crippen LogP contribution in [0.5, 0.6) is 0 Å². The molecular weight excluding hydrogens is 348 g/mol. The lowest BCUT2D eigenvalue weighted by Crippen LogP contribution is -2.51. The number of hydrogen-bond acceptors (Lipinski definition) is 4. The minimum Gasteiger partial charge on any atom is -0.395 e. The monoisotopic (exact) mass is 370 g/mol. The maximum atomic E-state index is 13.3. The van der Waals surface area contributed by atoms with Crippen LogP contribution < -0.4 is 0 Å². The summed E-state index contributed by atoms with van der Waals surface area (Å²) in [6, 6.07) is 17.0. The number of nitrogens with zero attached hydrogens (tertiary/aromatic N) is 2. The summed E-state index contributed by atoms with van der Waals surface area (Å²) in [6.45, 7) is 2.81. The highest BCUT2D eigenvalue weighted by molar-refractivity contribution is 7.89. The summed E-state index contributed by atoms with van der Waals surface area (Å²) < 4.78 is 28.2. The molecule has 0 aliphatic carbocycles. The van der Waals surface area contributed by atoms with E-state index in [9.17, 15) is 8.42 Å². The molecule has 2 aromatic carbocycles. The van der Waals surface area contributed by atoms with Crippen molar-refractivity contribution in [3.05, 3.63) is 65.7 Å². The van der Waals surface area contributed by atoms with Crippen LogP contribution in [0, 0.1) is 12.8 Å². The Labute approximate surface area is 154 Å². The molecule has 2 heterocycles. The molecule has 26 heavy (non-hydrogen) atoms. The molecule has 5 nitrogen and oxygen atoms in total. The average Bonchev–Trinajstić information content (AvgIpc) is 3.10. The van der Waals surface area contributed by atoms with Crippen molar-refractivity contribution in [3.8, 4) is 0 Å². The van der Waals surface area contributed by atoms with Crippen LogP contribution >= 0.6 is 0 Å². The Hall–Kier alpha value is -2.18. The zero-order valence-corrected chi connectivity index (χ0v) is 15.5. The quantitative estimate of drug-likeness (QED) is 0.831. The standard InChI is InChI=1S/C20H22N2O3S/c1-15-7-9-19(10-8-15)26(23,24)22-13-20-17(14-25-21-20)12-18(22)11-16-5-3-2-4-6-16/h2-10,17-18H,11-14H2,1H3/t17-,18+/m0/s1. The van der Waals surface area contributed by atoms with Crippen molar-refractivity contribution in [3.63, 3.8) is 0 Å². The molecule has 0 N–H and O–H groups in total. The number of piperidine rings is 1. The van der Waals surface area contributed by atoms with Gasteiger partial charge in [0.15, 0.2) is 0 Å². The topological polar surface area (TPSA) is 59.0 Å². The third kappa shape index (κ3) is 3.27. The molecule has 0 aromatic heterocycles. The van der Waals surface area contributed by atoms with E-state index in [1.54, 1.807) is 16.4 Å². The summed E-state index contributed by atoms with van der Waals surface area (Å²) in [6.07, 6.45) is 1.43. The number of oxime groups is 1. The van der Waals surface area contributed by atoms with Crippen LogP contribution in [0.2, 0.25) is 0 Å². The fourth-order valence-electron chi connectivity index (χ4n) is 3.68. The normalized spacial score (nSPS) is 23.2. The zero-order valence-electron chi connectivity index (χ0n) is 14.7. The van der Waals surface area contributed by atoms with Crippen molar-refractivity contribution in [2.24, 2.45) is 11.1 Å². The van der Waals surface area contributed by atoms with Gasteiger partial charge in [0.2, 0.25) is 10.0 Å². The molecule has 1 fully saturated rings. The number of benzene rings is 2. The van der Waals surface area contributed by atoms with Gasteiger partial charge in [0.25, 0.3) is 0 Å². The van der Waals surface area contributed by atoms with Crippen molar-refractivity contribution in [2.75, 3.05) is 13.2 Å². The predicted molar refractivity (Wildman–Crippen MR) is 100 cm³/mol. The maximum Gasteiger partial charge on any atom is 0.243 e. The first kappa shape index (κ1) is 17.2. The van der Waals surface area contributed by atoms with Crippen molar-refractivity contribution < 1.29 is 13.3 Å². The Kier molecular flexibility index (Phi) is 4.54. The highest BCUT2D eigenvalue weighted by Gasteiger charge is 2.42. The molecular formula is C20H22N2O3S. The molecule has 0 amide bonds. The average molecular weight is 370 g/mol. The Morgan fingerprint density at radius 2 is 1.85 bits per heavy atom. The van der Waals surface area contributed by atoms with Crippen molar-refractivity contribution >= 4 is 15.7 Å². The van der Waals surface area contributed by atoms with E-state index >= 15 is 0 Å². The van der Waals surface area contributed by atoms with Crippen LogP contribution in [0.15, 0.2) is 64.6 Å². The minimum absolute atomic E-state index is 0.102. The van der Waals surface area contributed by atoms with Gasteiger partial charge in [-0.1, -0.05) is 53.2 Å². The van der Waals surface area contributed by atoms with E-state index in [-0.39, 0.29) is 12.0 Å². The van der Waals surface area contributed by atoms with Gasteiger partial charge in [-0.3, -0.25) is 0 Å². The van der Waals surface area contributed by atoms with Crippen LogP contribution in [0.3, 0.4) is 0 Å². The van der Waals surface area contributed by atoms with E-state index in [1.807, 2.05) is 49.4 Å². The van der Waals surface area contributed by atoms with Gasteiger partial charge >= 0.3 is 0 Å². The minimum atomic E-state index is -3.59. The molecule has 2 aliphatic heterocycles. The van der Waals surface area contributed by atoms with Crippen LogP contribution in [0.25, 0.3) is 0 Å². The van der Waals surface area contributed by atoms with Gasteiger partial charge in [-0.15, -0.1) is 0 Å². The summed E-state index contributed by atoms with van der Waals surface area (Å²) in [5.74, 6) is 0.216. The first-order chi connectivity index (χ1) is 12.5. The van der Waals surface area contributed by atoms with E-state index in [4.69, 9.17) is 4.84 Å². The van der Waals surface area contributed by atoms with E-state index < -0.39 is 10.0 Å². The third-order valence-electron chi connectivity index (χ3n) is 5.15. The molecule has 2 atom stereocenters. The maximum absolute atomic E-state index is 13.3. The fourth-order valence-corrected chi connectivity index (χ4v) is 5.28. The van der Waals surface area contributed by atoms with Gasteiger partial charge in [0.05, 0.1) is 17.2 Å². The van der Waals surface area contributed by atoms with Crippen LogP contribution in [0.4, 0.5) is 0 Å². The summed E-state index contributed by atoms with van der Waals surface area (Å²) >= 11 is 0. The van der Waals surface area contributed by atoms with E-state index in [1.165, 1.54) is 0 Å². The SMILES string of the molecule is Cc1ccc(S(=O)(=O)N2CC3=NOC[C@@H]3C[C@H]2Cc2ccccc2)cc1. The van der Waals surface area contributed by atoms with Gasteiger partial charge in [0.1, 0.15) is 6.61 Å². The molecule has 6 heteroatoms. The smallest absolute Gasteiger partial charge is 0.243 e. The van der Waals surface area contributed by atoms with Gasteiger partial charge in [-0.25, -0.2) is 8.42 Å². The van der Waals surface area contributed by atoms with Crippen molar-refractivity contribution in [2.45, 2.75) is 30.7 Å². The predicted octanol–water partition coefficient (Wildman–Crippen LogP) is 3.00. The molecule has 2 aliphatic rings. The molecule has 0 saturated carbocycles. The summed E-state index contributed by atoms with van der Waals surface area (Å²) in [5, 5.41) is 4.08. The summed E-state index contributed by atoms with van der Waals surface area (Å²) in [7, 11) is -3.59. The Morgan fingerprint density at radius 1 is 1.12 bits per heavy atom. The third-order valence-corrected chi connectivity index (χ3v) is 7.06. The van der Waals surface area contributed by atoms with Crippen LogP contribution in [-0.2, 0) is 21.3 Å². The first-order valence-electron chi connectivity index (χ1n) is 8.85. The van der Waals surface area contributed by atoms with Gasteiger partial charge < -0.3 is 4.84 Å². The summed E-state index contributed by atoms with van der Waals surface area (Å²) in [4.78, 5) is 5.57. The van der Waals surface area contributed by atoms with Crippen molar-refractivity contribution in [1.29, 1.82) is 0 Å². The molecule has 136 valence electrons. The van der Waals surface area contributed by atoms with Crippen molar-refractivity contribution in [1.82, 2.24) is 4.31 Å². The summed E-state index contributed by atoms with van der Waals surface area (Å²) in [5.41, 5.74) is 3.02. The molecule has 0 spiro atoms. The molecule has 0 radical (unpaired) electrons. The zero-order chi connectivity index (χ0) is 18.1. The first-order valence-corrected chi connectivity index (χ1v) is 10.3. The van der Waals surface area contributed by atoms with E-state index in [2.05, 4.69) is 5.16 Å². The molecule has 0 unspecified atom stereocenters. The molecule has 4 rings (SSSR count). The lowest BCUT2D eigenvalue weighted by molar-refractivity contribution is 0.145. The number of fused-ring (bicyclic) bond motifs is 1. The van der Waals surface area contributed by atoms with Crippen LogP contribution in [-0.4, -0.2) is 37.6 Å². The lowest BCUT2D eigenvalue weighted by atomic mass is 9.89. The Balaban J connectivity index is 1.68. The fraction of sp³-hybridized carbons (Fsp3) is 0.350. The lowest BCUT2D eigenvalue weighted by Gasteiger charge is -2.37. The molecule has 1 saturated heterocycles. The van der Waals surface area contributed by atoms with Crippen LogP contribution in [0.1, 0.15) is 17.5 Å². The van der Waals surface area contributed by atoms with Gasteiger partial charge in [-0.2, -0.15) is 4.31 Å². The van der Waals surface area contributed by atoms with Gasteiger partial charge in [-0.05, 0) is 37.5 Å².